The molecule has 0 bridgehead atoms. The van der Waals surface area contributed by atoms with Crippen LogP contribution in [0.5, 0.6) is 0 Å². The van der Waals surface area contributed by atoms with Gasteiger partial charge in [0.25, 0.3) is 5.56 Å². The summed E-state index contributed by atoms with van der Waals surface area (Å²) < 4.78 is 3.44. The summed E-state index contributed by atoms with van der Waals surface area (Å²) in [4.78, 5) is 26.7. The van der Waals surface area contributed by atoms with Crippen molar-refractivity contribution in [3.05, 3.63) is 37.8 Å². The predicted molar refractivity (Wildman–Crippen MR) is 72.9 cm³/mol. The lowest BCUT2D eigenvalue weighted by Crippen LogP contribution is -2.27. The number of hydrogen-bond donors (Lipinski definition) is 1. The van der Waals surface area contributed by atoms with Crippen LogP contribution in [0.15, 0.2) is 17.2 Å². The molecule has 0 unspecified atom stereocenters. The van der Waals surface area contributed by atoms with Gasteiger partial charge in [-0.1, -0.05) is 5.21 Å². The molecule has 0 spiro atoms. The van der Waals surface area contributed by atoms with Crippen LogP contribution in [0.1, 0.15) is 16.3 Å². The van der Waals surface area contributed by atoms with E-state index in [1.54, 1.807) is 6.92 Å². The maximum Gasteiger partial charge on any atom is 0.358 e. The van der Waals surface area contributed by atoms with Gasteiger partial charge in [-0.15, -0.1) is 5.10 Å². The topological polar surface area (TPSA) is 103 Å². The molecule has 0 saturated heterocycles. The molecule has 19 heavy (non-hydrogen) atoms. The Morgan fingerprint density at radius 2 is 2.21 bits per heavy atom. The molecule has 0 aliphatic carbocycles. The summed E-state index contributed by atoms with van der Waals surface area (Å²) in [6, 6.07) is 0. The zero-order valence-electron chi connectivity index (χ0n) is 9.95. The van der Waals surface area contributed by atoms with Crippen LogP contribution >= 0.6 is 22.6 Å². The van der Waals surface area contributed by atoms with E-state index in [1.165, 1.54) is 21.6 Å². The highest BCUT2D eigenvalue weighted by Crippen LogP contribution is 1.99. The van der Waals surface area contributed by atoms with Crippen molar-refractivity contribution in [1.29, 1.82) is 0 Å². The summed E-state index contributed by atoms with van der Waals surface area (Å²) in [6.45, 7) is 2.45. The Kier molecular flexibility index (Phi) is 3.93. The van der Waals surface area contributed by atoms with Gasteiger partial charge in [-0.3, -0.25) is 9.36 Å². The number of carbonyl (C=O) groups is 1. The number of halogens is 1. The minimum absolute atomic E-state index is 0.119. The Labute approximate surface area is 121 Å². The first-order chi connectivity index (χ1) is 8.99. The van der Waals surface area contributed by atoms with E-state index in [-0.39, 0.29) is 11.3 Å². The summed E-state index contributed by atoms with van der Waals surface area (Å²) in [5.74, 6) is -0.528. The van der Waals surface area contributed by atoms with Crippen LogP contribution in [0.4, 0.5) is 0 Å². The molecule has 0 atom stereocenters. The number of rotatable bonds is 4. The molecule has 2 rings (SSSR count). The molecule has 100 valence electrons. The van der Waals surface area contributed by atoms with Crippen LogP contribution in [-0.2, 0) is 13.1 Å². The number of aromatic carboxylic acids is 1. The molecule has 2 aromatic heterocycles. The van der Waals surface area contributed by atoms with Gasteiger partial charge in [-0.25, -0.2) is 14.5 Å². The number of aryl methyl sites for hydroxylation is 2. The molecule has 0 amide bonds. The first-order valence-electron chi connectivity index (χ1n) is 5.34. The summed E-state index contributed by atoms with van der Waals surface area (Å²) in [5.41, 5.74) is -0.239. The molecule has 1 N–H and O–H groups in total. The maximum atomic E-state index is 11.9. The molecular formula is C10H10IN5O3. The van der Waals surface area contributed by atoms with E-state index < -0.39 is 5.97 Å². The van der Waals surface area contributed by atoms with Gasteiger partial charge >= 0.3 is 5.97 Å². The highest BCUT2D eigenvalue weighted by Gasteiger charge is 2.09. The van der Waals surface area contributed by atoms with Crippen molar-refractivity contribution in [3.63, 3.8) is 0 Å². The monoisotopic (exact) mass is 375 g/mol. The molecule has 0 fully saturated rings. The number of carboxylic acids is 1. The number of nitrogens with zero attached hydrogens (tertiary/aromatic N) is 5. The molecular weight excluding hydrogens is 365 g/mol. The maximum absolute atomic E-state index is 11.9. The van der Waals surface area contributed by atoms with E-state index in [1.807, 2.05) is 22.6 Å². The van der Waals surface area contributed by atoms with Crippen molar-refractivity contribution >= 4 is 28.6 Å². The first kappa shape index (κ1) is 13.6. The molecule has 0 aliphatic rings. The Bertz CT molecular complexity index is 678. The van der Waals surface area contributed by atoms with Gasteiger partial charge in [0.2, 0.25) is 0 Å². The average molecular weight is 375 g/mol. The quantitative estimate of drug-likeness (QED) is 0.763. The second-order valence-corrected chi connectivity index (χ2v) is 4.94. The van der Waals surface area contributed by atoms with Crippen LogP contribution < -0.4 is 5.56 Å². The van der Waals surface area contributed by atoms with Gasteiger partial charge in [-0.05, 0) is 29.5 Å². The van der Waals surface area contributed by atoms with Crippen molar-refractivity contribution < 1.29 is 9.90 Å². The lowest BCUT2D eigenvalue weighted by atomic mass is 10.5. The van der Waals surface area contributed by atoms with Gasteiger partial charge in [0.15, 0.2) is 5.69 Å². The highest BCUT2D eigenvalue weighted by molar-refractivity contribution is 14.1. The third kappa shape index (κ3) is 2.97. The second kappa shape index (κ2) is 5.47. The van der Waals surface area contributed by atoms with Crippen LogP contribution in [0.2, 0.25) is 0 Å². The summed E-state index contributed by atoms with van der Waals surface area (Å²) in [6.07, 6.45) is 2.84. The van der Waals surface area contributed by atoms with Crippen molar-refractivity contribution in [2.75, 3.05) is 0 Å². The lowest BCUT2D eigenvalue weighted by molar-refractivity contribution is 0.0690. The molecule has 2 heterocycles. The Morgan fingerprint density at radius 3 is 2.84 bits per heavy atom. The summed E-state index contributed by atoms with van der Waals surface area (Å²) >= 11 is 1.93. The largest absolute Gasteiger partial charge is 0.476 e. The fraction of sp³-hybridized carbons (Fsp3) is 0.300. The number of aromatic nitrogens is 5. The predicted octanol–water partition coefficient (Wildman–Crippen LogP) is 0.146. The molecule has 0 aromatic carbocycles. The van der Waals surface area contributed by atoms with Crippen molar-refractivity contribution in [1.82, 2.24) is 24.5 Å². The van der Waals surface area contributed by atoms with E-state index in [4.69, 9.17) is 5.11 Å². The van der Waals surface area contributed by atoms with Crippen molar-refractivity contribution in [3.8, 4) is 0 Å². The Morgan fingerprint density at radius 1 is 1.47 bits per heavy atom. The van der Waals surface area contributed by atoms with Crippen LogP contribution in [0, 0.1) is 10.5 Å². The van der Waals surface area contributed by atoms with Gasteiger partial charge in [-0.2, -0.15) is 0 Å². The van der Waals surface area contributed by atoms with E-state index >= 15 is 0 Å². The molecule has 0 aliphatic heterocycles. The minimum Gasteiger partial charge on any atom is -0.476 e. The second-order valence-electron chi connectivity index (χ2n) is 3.78. The van der Waals surface area contributed by atoms with E-state index in [9.17, 15) is 9.59 Å². The van der Waals surface area contributed by atoms with Crippen LogP contribution in [0.25, 0.3) is 0 Å². The molecule has 2 aromatic rings. The van der Waals surface area contributed by atoms with Crippen LogP contribution in [0.3, 0.4) is 0 Å². The van der Waals surface area contributed by atoms with E-state index in [0.29, 0.717) is 22.5 Å². The van der Waals surface area contributed by atoms with E-state index in [0.717, 1.165) is 0 Å². The lowest BCUT2D eigenvalue weighted by Gasteiger charge is -2.08. The third-order valence-corrected chi connectivity index (χ3v) is 3.26. The van der Waals surface area contributed by atoms with E-state index in [2.05, 4.69) is 15.3 Å². The summed E-state index contributed by atoms with van der Waals surface area (Å²) in [7, 11) is 0. The Balaban J connectivity index is 2.16. The zero-order chi connectivity index (χ0) is 14.0. The van der Waals surface area contributed by atoms with Gasteiger partial charge in [0.05, 0.1) is 16.3 Å². The number of carboxylic acid groups (broad SMARTS) is 1. The molecule has 0 saturated carbocycles. The SMILES string of the molecule is Cc1ncc(I)c(=O)n1CCn1cc(C(=O)O)nn1. The molecule has 9 heteroatoms. The third-order valence-electron chi connectivity index (χ3n) is 2.52. The molecule has 0 radical (unpaired) electrons. The first-order valence-corrected chi connectivity index (χ1v) is 6.42. The highest BCUT2D eigenvalue weighted by atomic mass is 127. The molecule has 8 nitrogen and oxygen atoms in total. The Hall–Kier alpha value is -1.78. The van der Waals surface area contributed by atoms with Crippen molar-refractivity contribution in [2.24, 2.45) is 0 Å². The van der Waals surface area contributed by atoms with Gasteiger partial charge < -0.3 is 5.11 Å². The fourth-order valence-corrected chi connectivity index (χ4v) is 1.95. The van der Waals surface area contributed by atoms with Crippen LogP contribution in [-0.4, -0.2) is 35.6 Å². The minimum atomic E-state index is -1.13. The number of hydrogen-bond acceptors (Lipinski definition) is 5. The summed E-state index contributed by atoms with van der Waals surface area (Å²) in [5, 5.41) is 15.9. The van der Waals surface area contributed by atoms with Gasteiger partial charge in [0.1, 0.15) is 5.82 Å². The van der Waals surface area contributed by atoms with Crippen molar-refractivity contribution in [2.45, 2.75) is 20.0 Å². The van der Waals surface area contributed by atoms with Gasteiger partial charge in [0, 0.05) is 12.7 Å². The fourth-order valence-electron chi connectivity index (χ4n) is 1.52. The zero-order valence-corrected chi connectivity index (χ0v) is 12.1. The normalized spacial score (nSPS) is 10.6. The smallest absolute Gasteiger partial charge is 0.358 e. The standard InChI is InChI=1S/C10H10IN5O3/c1-6-12-4-7(11)9(17)16(6)3-2-15-5-8(10(18)19)13-14-15/h4-5H,2-3H2,1H3,(H,18,19). The average Bonchev–Trinajstić information content (AvgIpc) is 2.83.